The van der Waals surface area contributed by atoms with E-state index in [1.165, 1.54) is 6.92 Å². The predicted octanol–water partition coefficient (Wildman–Crippen LogP) is 3.79. The number of hydrogen-bond donors (Lipinski definition) is 0. The third-order valence-electron chi connectivity index (χ3n) is 5.17. The van der Waals surface area contributed by atoms with Crippen LogP contribution in [0, 0.1) is 11.3 Å². The van der Waals surface area contributed by atoms with Gasteiger partial charge in [-0.05, 0) is 49.4 Å². The Kier molecular flexibility index (Phi) is 5.79. The van der Waals surface area contributed by atoms with Crippen molar-refractivity contribution in [2.75, 3.05) is 31.1 Å². The Labute approximate surface area is 179 Å². The van der Waals surface area contributed by atoms with Crippen molar-refractivity contribution in [3.8, 4) is 17.5 Å². The van der Waals surface area contributed by atoms with Crippen molar-refractivity contribution in [2.45, 2.75) is 13.5 Å². The highest BCUT2D eigenvalue weighted by atomic mass is 35.5. The van der Waals surface area contributed by atoms with E-state index in [0.29, 0.717) is 34.4 Å². The number of piperazine rings is 1. The van der Waals surface area contributed by atoms with Crippen molar-refractivity contribution in [3.05, 3.63) is 64.5 Å². The van der Waals surface area contributed by atoms with E-state index in [0.717, 1.165) is 37.4 Å². The first-order chi connectivity index (χ1) is 14.5. The summed E-state index contributed by atoms with van der Waals surface area (Å²) in [6.45, 7) is 5.16. The third kappa shape index (κ3) is 4.35. The summed E-state index contributed by atoms with van der Waals surface area (Å²) in [7, 11) is 0. The van der Waals surface area contributed by atoms with Crippen LogP contribution in [0.2, 0.25) is 5.02 Å². The van der Waals surface area contributed by atoms with Crippen LogP contribution in [0.1, 0.15) is 28.7 Å². The number of Topliss-reactive ketones (excluding diaryl/α,β-unsaturated/α-hetero) is 1. The van der Waals surface area contributed by atoms with Crippen LogP contribution in [0.25, 0.3) is 11.4 Å². The third-order valence-corrected chi connectivity index (χ3v) is 5.42. The van der Waals surface area contributed by atoms with Gasteiger partial charge in [0.05, 0.1) is 17.8 Å². The molecule has 0 saturated carbocycles. The van der Waals surface area contributed by atoms with Gasteiger partial charge in [0.1, 0.15) is 6.07 Å². The second kappa shape index (κ2) is 8.66. The average molecular weight is 422 g/mol. The smallest absolute Gasteiger partial charge is 0.241 e. The largest absolute Gasteiger partial charge is 0.368 e. The van der Waals surface area contributed by atoms with Gasteiger partial charge < -0.3 is 9.42 Å². The summed E-state index contributed by atoms with van der Waals surface area (Å²) in [6, 6.07) is 14.8. The molecule has 1 fully saturated rings. The lowest BCUT2D eigenvalue weighted by Crippen LogP contribution is -2.46. The van der Waals surface area contributed by atoms with E-state index in [9.17, 15) is 10.1 Å². The number of aromatic nitrogens is 2. The second-order valence-corrected chi connectivity index (χ2v) is 7.62. The normalized spacial score (nSPS) is 14.5. The van der Waals surface area contributed by atoms with Gasteiger partial charge in [-0.1, -0.05) is 16.8 Å². The SMILES string of the molecule is CC(=O)c1ccc(C#N)c(N2CCN(Cc3nc(-c4ccc(Cl)cc4)no3)CC2)c1. The van der Waals surface area contributed by atoms with Gasteiger partial charge in [-0.15, -0.1) is 0 Å². The van der Waals surface area contributed by atoms with Crippen LogP contribution in [0.3, 0.4) is 0 Å². The first-order valence-corrected chi connectivity index (χ1v) is 10.0. The van der Waals surface area contributed by atoms with Crippen molar-refractivity contribution in [3.63, 3.8) is 0 Å². The molecule has 0 bridgehead atoms. The number of rotatable bonds is 5. The zero-order valence-corrected chi connectivity index (χ0v) is 17.3. The molecule has 0 N–H and O–H groups in total. The molecule has 2 aromatic carbocycles. The minimum Gasteiger partial charge on any atom is -0.368 e. The van der Waals surface area contributed by atoms with Gasteiger partial charge in [-0.25, -0.2) is 0 Å². The lowest BCUT2D eigenvalue weighted by Gasteiger charge is -2.35. The highest BCUT2D eigenvalue weighted by Gasteiger charge is 2.22. The lowest BCUT2D eigenvalue weighted by atomic mass is 10.1. The fraction of sp³-hybridized carbons (Fsp3) is 0.273. The van der Waals surface area contributed by atoms with Crippen LogP contribution in [0.5, 0.6) is 0 Å². The molecule has 0 atom stereocenters. The topological polar surface area (TPSA) is 86.3 Å². The fourth-order valence-corrected chi connectivity index (χ4v) is 3.61. The molecule has 0 radical (unpaired) electrons. The van der Waals surface area contributed by atoms with E-state index in [2.05, 4.69) is 26.0 Å². The van der Waals surface area contributed by atoms with Crippen molar-refractivity contribution in [1.82, 2.24) is 15.0 Å². The molecule has 0 amide bonds. The first-order valence-electron chi connectivity index (χ1n) is 9.64. The quantitative estimate of drug-likeness (QED) is 0.579. The average Bonchev–Trinajstić information content (AvgIpc) is 3.22. The number of anilines is 1. The van der Waals surface area contributed by atoms with E-state index < -0.39 is 0 Å². The van der Waals surface area contributed by atoms with E-state index >= 15 is 0 Å². The van der Waals surface area contributed by atoms with Crippen LogP contribution in [-0.4, -0.2) is 47.0 Å². The molecule has 1 aliphatic heterocycles. The Hall–Kier alpha value is -3.21. The predicted molar refractivity (Wildman–Crippen MR) is 113 cm³/mol. The summed E-state index contributed by atoms with van der Waals surface area (Å²) < 4.78 is 5.41. The molecule has 0 spiro atoms. The van der Waals surface area contributed by atoms with E-state index in [4.69, 9.17) is 16.1 Å². The van der Waals surface area contributed by atoms with Gasteiger partial charge in [-0.3, -0.25) is 9.69 Å². The number of nitrogens with zero attached hydrogens (tertiary/aromatic N) is 5. The minimum atomic E-state index is -0.00717. The monoisotopic (exact) mass is 421 g/mol. The molecule has 0 aliphatic carbocycles. The van der Waals surface area contributed by atoms with Gasteiger partial charge in [0.25, 0.3) is 0 Å². The molecular formula is C22H20ClN5O2. The van der Waals surface area contributed by atoms with Crippen molar-refractivity contribution in [2.24, 2.45) is 0 Å². The molecule has 1 saturated heterocycles. The molecule has 2 heterocycles. The number of ketones is 1. The first kappa shape index (κ1) is 20.1. The summed E-state index contributed by atoms with van der Waals surface area (Å²) in [5.74, 6) is 1.09. The lowest BCUT2D eigenvalue weighted by molar-refractivity contribution is 0.101. The van der Waals surface area contributed by atoms with Crippen LogP contribution >= 0.6 is 11.6 Å². The molecule has 0 unspecified atom stereocenters. The molecule has 8 heteroatoms. The minimum absolute atomic E-state index is 0.00717. The maximum Gasteiger partial charge on any atom is 0.241 e. The van der Waals surface area contributed by atoms with Gasteiger partial charge in [0, 0.05) is 42.3 Å². The van der Waals surface area contributed by atoms with Gasteiger partial charge in [-0.2, -0.15) is 10.2 Å². The molecule has 3 aromatic rings. The maximum atomic E-state index is 11.7. The highest BCUT2D eigenvalue weighted by Crippen LogP contribution is 2.24. The molecule has 1 aromatic heterocycles. The number of carbonyl (C=O) groups is 1. The highest BCUT2D eigenvalue weighted by molar-refractivity contribution is 6.30. The van der Waals surface area contributed by atoms with Crippen LogP contribution in [0.15, 0.2) is 47.0 Å². The summed E-state index contributed by atoms with van der Waals surface area (Å²) in [5, 5.41) is 14.1. The summed E-state index contributed by atoms with van der Waals surface area (Å²) in [5.41, 5.74) is 2.87. The van der Waals surface area contributed by atoms with Crippen molar-refractivity contribution in [1.29, 1.82) is 5.26 Å². The van der Waals surface area contributed by atoms with Crippen LogP contribution in [0.4, 0.5) is 5.69 Å². The Bertz CT molecular complexity index is 1100. The maximum absolute atomic E-state index is 11.7. The zero-order valence-electron chi connectivity index (χ0n) is 16.5. The molecule has 1 aliphatic rings. The number of benzene rings is 2. The fourth-order valence-electron chi connectivity index (χ4n) is 3.48. The second-order valence-electron chi connectivity index (χ2n) is 7.18. The Morgan fingerprint density at radius 1 is 1.17 bits per heavy atom. The van der Waals surface area contributed by atoms with Crippen LogP contribution < -0.4 is 4.90 Å². The Balaban J connectivity index is 1.40. The molecule has 7 nitrogen and oxygen atoms in total. The van der Waals surface area contributed by atoms with Crippen molar-refractivity contribution < 1.29 is 9.32 Å². The molecule has 4 rings (SSSR count). The summed E-state index contributed by atoms with van der Waals surface area (Å²) in [4.78, 5) is 20.6. The van der Waals surface area contributed by atoms with E-state index in [-0.39, 0.29) is 5.78 Å². The number of carbonyl (C=O) groups excluding carboxylic acids is 1. The Morgan fingerprint density at radius 3 is 2.57 bits per heavy atom. The van der Waals surface area contributed by atoms with Gasteiger partial charge in [0.15, 0.2) is 5.78 Å². The Morgan fingerprint density at radius 2 is 1.90 bits per heavy atom. The molecular weight excluding hydrogens is 402 g/mol. The number of halogens is 1. The summed E-state index contributed by atoms with van der Waals surface area (Å²) in [6.07, 6.45) is 0. The molecule has 30 heavy (non-hydrogen) atoms. The molecule has 152 valence electrons. The standard InChI is InChI=1S/C22H20ClN5O2/c1-15(29)17-2-3-18(13-24)20(12-17)28-10-8-27(9-11-28)14-21-25-22(26-30-21)16-4-6-19(23)7-5-16/h2-7,12H,8-11,14H2,1H3. The van der Waals surface area contributed by atoms with Crippen molar-refractivity contribution >= 4 is 23.1 Å². The number of hydrogen-bond acceptors (Lipinski definition) is 7. The van der Waals surface area contributed by atoms with E-state index in [1.54, 1.807) is 24.3 Å². The summed E-state index contributed by atoms with van der Waals surface area (Å²) >= 11 is 5.92. The van der Waals surface area contributed by atoms with E-state index in [1.807, 2.05) is 18.2 Å². The van der Waals surface area contributed by atoms with Crippen LogP contribution in [-0.2, 0) is 6.54 Å². The number of nitriles is 1. The van der Waals surface area contributed by atoms with Gasteiger partial charge in [0.2, 0.25) is 11.7 Å². The van der Waals surface area contributed by atoms with Gasteiger partial charge >= 0.3 is 0 Å². The zero-order chi connectivity index (χ0) is 21.1.